The number of pyridine rings is 1. The third kappa shape index (κ3) is 3.50. The van der Waals surface area contributed by atoms with Crippen molar-refractivity contribution < 1.29 is 8.42 Å². The number of aryl methyl sites for hydroxylation is 1. The molecule has 0 atom stereocenters. The Morgan fingerprint density at radius 3 is 2.33 bits per heavy atom. The summed E-state index contributed by atoms with van der Waals surface area (Å²) in [4.78, 5) is 4.85. The van der Waals surface area contributed by atoms with Gasteiger partial charge in [0.05, 0.1) is 10.6 Å². The topological polar surface area (TPSA) is 47.0 Å². The third-order valence-corrected chi connectivity index (χ3v) is 5.08. The van der Waals surface area contributed by atoms with E-state index in [0.29, 0.717) is 9.92 Å². The minimum absolute atomic E-state index is 0.295. The molecule has 0 bridgehead atoms. The van der Waals surface area contributed by atoms with Crippen molar-refractivity contribution in [2.75, 3.05) is 6.26 Å². The van der Waals surface area contributed by atoms with Crippen molar-refractivity contribution in [1.82, 2.24) is 4.98 Å². The van der Waals surface area contributed by atoms with E-state index in [1.807, 2.05) is 43.3 Å². The fourth-order valence-corrected chi connectivity index (χ4v) is 3.31. The molecule has 0 aliphatic rings. The number of hydrogen-bond acceptors (Lipinski definition) is 3. The number of rotatable bonds is 3. The molecule has 0 N–H and O–H groups in total. The molecule has 3 nitrogen and oxygen atoms in total. The molecule has 1 aromatic heterocycles. The predicted molar refractivity (Wildman–Crippen MR) is 98.0 cm³/mol. The second-order valence-corrected chi connectivity index (χ2v) is 8.17. The van der Waals surface area contributed by atoms with E-state index in [0.717, 1.165) is 27.9 Å². The van der Waals surface area contributed by atoms with Crippen molar-refractivity contribution in [2.24, 2.45) is 0 Å². The average molecular weight is 358 g/mol. The lowest BCUT2D eigenvalue weighted by atomic mass is 9.98. The minimum Gasteiger partial charge on any atom is -0.255 e. The summed E-state index contributed by atoms with van der Waals surface area (Å²) >= 11 is 5.97. The van der Waals surface area contributed by atoms with Crippen molar-refractivity contribution in [2.45, 2.75) is 11.8 Å². The summed E-state index contributed by atoms with van der Waals surface area (Å²) < 4.78 is 23.7. The van der Waals surface area contributed by atoms with E-state index in [4.69, 9.17) is 11.6 Å². The lowest BCUT2D eigenvalue weighted by molar-refractivity contribution is 0.602. The molecule has 2 aromatic carbocycles. The average Bonchev–Trinajstić information content (AvgIpc) is 2.55. The van der Waals surface area contributed by atoms with Crippen LogP contribution in [-0.2, 0) is 9.84 Å². The maximum absolute atomic E-state index is 11.8. The first-order chi connectivity index (χ1) is 11.3. The molecule has 122 valence electrons. The van der Waals surface area contributed by atoms with Gasteiger partial charge in [0.2, 0.25) is 0 Å². The zero-order valence-corrected chi connectivity index (χ0v) is 14.9. The Bertz CT molecular complexity index is 996. The van der Waals surface area contributed by atoms with E-state index in [9.17, 15) is 8.42 Å². The number of nitrogens with zero attached hydrogens (tertiary/aromatic N) is 1. The van der Waals surface area contributed by atoms with Crippen molar-refractivity contribution in [3.8, 4) is 22.4 Å². The zero-order valence-electron chi connectivity index (χ0n) is 13.3. The van der Waals surface area contributed by atoms with Crippen molar-refractivity contribution >= 4 is 21.4 Å². The Labute approximate surface area is 146 Å². The van der Waals surface area contributed by atoms with Crippen molar-refractivity contribution in [3.05, 3.63) is 71.4 Å². The van der Waals surface area contributed by atoms with E-state index in [1.165, 1.54) is 6.26 Å². The van der Waals surface area contributed by atoms with Crippen LogP contribution in [0, 0.1) is 6.92 Å². The first-order valence-corrected chi connectivity index (χ1v) is 9.64. The van der Waals surface area contributed by atoms with Crippen LogP contribution < -0.4 is 0 Å². The molecule has 0 aliphatic carbocycles. The van der Waals surface area contributed by atoms with Gasteiger partial charge in [-0.05, 0) is 48.4 Å². The molecule has 0 saturated carbocycles. The summed E-state index contributed by atoms with van der Waals surface area (Å²) in [6.45, 7) is 1.96. The highest BCUT2D eigenvalue weighted by atomic mass is 35.5. The van der Waals surface area contributed by atoms with Crippen LogP contribution in [0.4, 0.5) is 0 Å². The molecule has 0 fully saturated rings. The summed E-state index contributed by atoms with van der Waals surface area (Å²) in [6.07, 6.45) is 3.01. The molecule has 24 heavy (non-hydrogen) atoms. The van der Waals surface area contributed by atoms with Crippen LogP contribution in [0.3, 0.4) is 0 Å². The molecule has 5 heteroatoms. The van der Waals surface area contributed by atoms with Crippen LogP contribution in [-0.4, -0.2) is 19.7 Å². The minimum atomic E-state index is -3.26. The normalized spacial score (nSPS) is 11.5. The monoisotopic (exact) mass is 357 g/mol. The fourth-order valence-electron chi connectivity index (χ4n) is 2.52. The van der Waals surface area contributed by atoms with Gasteiger partial charge in [-0.2, -0.15) is 0 Å². The Hall–Kier alpha value is -2.17. The summed E-state index contributed by atoms with van der Waals surface area (Å²) in [5.41, 5.74) is 4.44. The number of halogens is 1. The smallest absolute Gasteiger partial charge is 0.175 e. The Morgan fingerprint density at radius 1 is 0.958 bits per heavy atom. The maximum Gasteiger partial charge on any atom is 0.175 e. The maximum atomic E-state index is 11.8. The molecular formula is C19H16ClNO2S. The number of hydrogen-bond donors (Lipinski definition) is 0. The molecule has 0 unspecified atom stereocenters. The van der Waals surface area contributed by atoms with Crippen LogP contribution in [0.15, 0.2) is 65.7 Å². The van der Waals surface area contributed by atoms with E-state index in [1.54, 1.807) is 24.4 Å². The zero-order chi connectivity index (χ0) is 17.3. The van der Waals surface area contributed by atoms with Gasteiger partial charge in [-0.15, -0.1) is 0 Å². The number of sulfone groups is 1. The number of aromatic nitrogens is 1. The SMILES string of the molecule is Cc1cnc(-c2ccc(Cl)cc2)c(-c2cccc(S(C)(=O)=O)c2)c1. The standard InChI is InChI=1S/C19H16ClNO2S/c1-13-10-18(15-4-3-5-17(11-15)24(2,22)23)19(21-12-13)14-6-8-16(20)9-7-14/h3-12H,1-2H3. The van der Waals surface area contributed by atoms with Gasteiger partial charge in [0, 0.05) is 28.6 Å². The van der Waals surface area contributed by atoms with Gasteiger partial charge in [-0.1, -0.05) is 35.9 Å². The molecule has 0 radical (unpaired) electrons. The van der Waals surface area contributed by atoms with Crippen LogP contribution in [0.1, 0.15) is 5.56 Å². The first-order valence-electron chi connectivity index (χ1n) is 7.38. The van der Waals surface area contributed by atoms with Gasteiger partial charge in [-0.25, -0.2) is 8.42 Å². The molecule has 0 spiro atoms. The van der Waals surface area contributed by atoms with Gasteiger partial charge in [0.1, 0.15) is 0 Å². The lowest BCUT2D eigenvalue weighted by Gasteiger charge is -2.11. The quantitative estimate of drug-likeness (QED) is 0.677. The highest BCUT2D eigenvalue weighted by molar-refractivity contribution is 7.90. The summed E-state index contributed by atoms with van der Waals surface area (Å²) in [5, 5.41) is 0.659. The van der Waals surface area contributed by atoms with E-state index >= 15 is 0 Å². The summed E-state index contributed by atoms with van der Waals surface area (Å²) in [7, 11) is -3.26. The van der Waals surface area contributed by atoms with E-state index < -0.39 is 9.84 Å². The van der Waals surface area contributed by atoms with Gasteiger partial charge in [0.25, 0.3) is 0 Å². The first kappa shape index (κ1) is 16.7. The van der Waals surface area contributed by atoms with Crippen LogP contribution in [0.25, 0.3) is 22.4 Å². The molecular weight excluding hydrogens is 342 g/mol. The Balaban J connectivity index is 2.21. The molecule has 0 amide bonds. The Kier molecular flexibility index (Phi) is 4.43. The second-order valence-electron chi connectivity index (χ2n) is 5.72. The van der Waals surface area contributed by atoms with Crippen LogP contribution in [0.5, 0.6) is 0 Å². The molecule has 3 rings (SSSR count). The molecule has 1 heterocycles. The number of benzene rings is 2. The van der Waals surface area contributed by atoms with Gasteiger partial charge in [-0.3, -0.25) is 4.98 Å². The van der Waals surface area contributed by atoms with Gasteiger partial charge >= 0.3 is 0 Å². The predicted octanol–water partition coefficient (Wildman–Crippen LogP) is 4.78. The van der Waals surface area contributed by atoms with E-state index in [-0.39, 0.29) is 0 Å². The van der Waals surface area contributed by atoms with Gasteiger partial charge < -0.3 is 0 Å². The molecule has 0 saturated heterocycles. The summed E-state index contributed by atoms with van der Waals surface area (Å²) in [6, 6.07) is 16.4. The van der Waals surface area contributed by atoms with Gasteiger partial charge in [0.15, 0.2) is 9.84 Å². The summed E-state index contributed by atoms with van der Waals surface area (Å²) in [5.74, 6) is 0. The lowest BCUT2D eigenvalue weighted by Crippen LogP contribution is -1.97. The largest absolute Gasteiger partial charge is 0.255 e. The van der Waals surface area contributed by atoms with E-state index in [2.05, 4.69) is 4.98 Å². The van der Waals surface area contributed by atoms with Crippen LogP contribution >= 0.6 is 11.6 Å². The van der Waals surface area contributed by atoms with Crippen LogP contribution in [0.2, 0.25) is 5.02 Å². The molecule has 0 aliphatic heterocycles. The van der Waals surface area contributed by atoms with Crippen molar-refractivity contribution in [1.29, 1.82) is 0 Å². The highest BCUT2D eigenvalue weighted by Crippen LogP contribution is 2.32. The Morgan fingerprint density at radius 2 is 1.67 bits per heavy atom. The highest BCUT2D eigenvalue weighted by Gasteiger charge is 2.13. The molecule has 3 aromatic rings. The second kappa shape index (κ2) is 6.38. The third-order valence-electron chi connectivity index (χ3n) is 3.72. The van der Waals surface area contributed by atoms with Crippen molar-refractivity contribution in [3.63, 3.8) is 0 Å². The fraction of sp³-hybridized carbons (Fsp3) is 0.105.